The van der Waals surface area contributed by atoms with Crippen LogP contribution in [-0.4, -0.2) is 14.8 Å². The average Bonchev–Trinajstić information content (AvgIpc) is 2.67. The van der Waals surface area contributed by atoms with E-state index in [1.165, 1.54) is 0 Å². The molecular weight excluding hydrogens is 198 g/mol. The number of hydrogen-bond acceptors (Lipinski definition) is 2. The lowest BCUT2D eigenvalue weighted by Gasteiger charge is -2.14. The van der Waals surface area contributed by atoms with Gasteiger partial charge in [-0.15, -0.1) is 0 Å². The van der Waals surface area contributed by atoms with E-state index in [0.29, 0.717) is 0 Å². The zero-order chi connectivity index (χ0) is 11.8. The first kappa shape index (κ1) is 10.9. The smallest absolute Gasteiger partial charge is 0.0829 e. The molecule has 0 N–H and O–H groups in total. The Bertz CT molecular complexity index is 475. The standard InChI is InChI=1S/C13H17N3/c1-10-5-6-11(9-14-10)16-8-7-12(15-16)13(2,3)4/h5-9H,1-4H3. The third-order valence-corrected chi connectivity index (χ3v) is 2.52. The molecule has 0 aromatic carbocycles. The third-order valence-electron chi connectivity index (χ3n) is 2.52. The van der Waals surface area contributed by atoms with Gasteiger partial charge in [0.25, 0.3) is 0 Å². The van der Waals surface area contributed by atoms with Crippen LogP contribution in [0.1, 0.15) is 32.2 Å². The molecule has 0 aliphatic carbocycles. The molecule has 0 saturated carbocycles. The molecule has 2 aromatic heterocycles. The summed E-state index contributed by atoms with van der Waals surface area (Å²) < 4.78 is 1.87. The van der Waals surface area contributed by atoms with Gasteiger partial charge in [0.05, 0.1) is 17.6 Å². The monoisotopic (exact) mass is 215 g/mol. The zero-order valence-electron chi connectivity index (χ0n) is 10.2. The predicted octanol–water partition coefficient (Wildman–Crippen LogP) is 2.87. The van der Waals surface area contributed by atoms with Crippen LogP contribution in [0, 0.1) is 6.92 Å². The molecule has 0 bridgehead atoms. The molecular formula is C13H17N3. The van der Waals surface area contributed by atoms with Crippen molar-refractivity contribution in [3.05, 3.63) is 42.0 Å². The normalized spacial score (nSPS) is 11.8. The summed E-state index contributed by atoms with van der Waals surface area (Å²) >= 11 is 0. The van der Waals surface area contributed by atoms with Gasteiger partial charge in [-0.2, -0.15) is 5.10 Å². The lowest BCUT2D eigenvalue weighted by molar-refractivity contribution is 0.560. The maximum atomic E-state index is 4.56. The van der Waals surface area contributed by atoms with E-state index in [2.05, 4.69) is 36.9 Å². The van der Waals surface area contributed by atoms with Gasteiger partial charge in [0.1, 0.15) is 0 Å². The molecule has 16 heavy (non-hydrogen) atoms. The largest absolute Gasteiger partial charge is 0.259 e. The van der Waals surface area contributed by atoms with Crippen LogP contribution in [0.4, 0.5) is 0 Å². The zero-order valence-corrected chi connectivity index (χ0v) is 10.2. The van der Waals surface area contributed by atoms with Crippen LogP contribution in [0.5, 0.6) is 0 Å². The Morgan fingerprint density at radius 3 is 2.38 bits per heavy atom. The minimum Gasteiger partial charge on any atom is -0.259 e. The first-order valence-electron chi connectivity index (χ1n) is 5.46. The quantitative estimate of drug-likeness (QED) is 0.732. The van der Waals surface area contributed by atoms with Crippen LogP contribution in [-0.2, 0) is 5.41 Å². The van der Waals surface area contributed by atoms with Gasteiger partial charge >= 0.3 is 0 Å². The molecule has 2 heterocycles. The molecule has 2 rings (SSSR count). The highest BCUT2D eigenvalue weighted by atomic mass is 15.3. The molecule has 0 amide bonds. The lowest BCUT2D eigenvalue weighted by atomic mass is 9.93. The topological polar surface area (TPSA) is 30.7 Å². The summed E-state index contributed by atoms with van der Waals surface area (Å²) in [6, 6.07) is 6.08. The molecule has 0 radical (unpaired) electrons. The number of hydrogen-bond donors (Lipinski definition) is 0. The minimum absolute atomic E-state index is 0.0867. The highest BCUT2D eigenvalue weighted by Crippen LogP contribution is 2.20. The van der Waals surface area contributed by atoms with Crippen LogP contribution >= 0.6 is 0 Å². The van der Waals surface area contributed by atoms with Gasteiger partial charge in [-0.1, -0.05) is 20.8 Å². The Morgan fingerprint density at radius 1 is 1.12 bits per heavy atom. The van der Waals surface area contributed by atoms with E-state index in [1.54, 1.807) is 0 Å². The second-order valence-corrected chi connectivity index (χ2v) is 5.05. The van der Waals surface area contributed by atoms with Gasteiger partial charge in [0.15, 0.2) is 0 Å². The first-order valence-corrected chi connectivity index (χ1v) is 5.46. The van der Waals surface area contributed by atoms with E-state index in [-0.39, 0.29) is 5.41 Å². The van der Waals surface area contributed by atoms with E-state index < -0.39 is 0 Å². The second-order valence-electron chi connectivity index (χ2n) is 5.05. The number of aryl methyl sites for hydroxylation is 1. The Hall–Kier alpha value is -1.64. The first-order chi connectivity index (χ1) is 7.47. The summed E-state index contributed by atoms with van der Waals surface area (Å²) in [6.07, 6.45) is 3.82. The highest BCUT2D eigenvalue weighted by molar-refractivity contribution is 5.29. The Labute approximate surface area is 96.1 Å². The van der Waals surface area contributed by atoms with E-state index >= 15 is 0 Å². The fraction of sp³-hybridized carbons (Fsp3) is 0.385. The molecule has 84 valence electrons. The second kappa shape index (κ2) is 3.74. The summed E-state index contributed by atoms with van der Waals surface area (Å²) in [5, 5.41) is 4.56. The number of pyridine rings is 1. The molecule has 0 aliphatic heterocycles. The number of rotatable bonds is 1. The van der Waals surface area contributed by atoms with E-state index in [0.717, 1.165) is 17.1 Å². The van der Waals surface area contributed by atoms with E-state index in [1.807, 2.05) is 36.1 Å². The molecule has 3 heteroatoms. The van der Waals surface area contributed by atoms with E-state index in [4.69, 9.17) is 0 Å². The molecule has 3 nitrogen and oxygen atoms in total. The third kappa shape index (κ3) is 2.13. The molecule has 0 fully saturated rings. The predicted molar refractivity (Wildman–Crippen MR) is 64.8 cm³/mol. The van der Waals surface area contributed by atoms with Crippen LogP contribution in [0.15, 0.2) is 30.6 Å². The Balaban J connectivity index is 2.35. The molecule has 0 saturated heterocycles. The summed E-state index contributed by atoms with van der Waals surface area (Å²) in [4.78, 5) is 4.27. The van der Waals surface area contributed by atoms with Gasteiger partial charge in [-0.05, 0) is 25.1 Å². The van der Waals surface area contributed by atoms with E-state index in [9.17, 15) is 0 Å². The van der Waals surface area contributed by atoms with Crippen molar-refractivity contribution in [2.24, 2.45) is 0 Å². The summed E-state index contributed by atoms with van der Waals surface area (Å²) in [5.74, 6) is 0. The Morgan fingerprint density at radius 2 is 1.88 bits per heavy atom. The molecule has 0 atom stereocenters. The number of nitrogens with zero attached hydrogens (tertiary/aromatic N) is 3. The van der Waals surface area contributed by atoms with Crippen molar-refractivity contribution in [3.63, 3.8) is 0 Å². The van der Waals surface area contributed by atoms with Gasteiger partial charge in [0, 0.05) is 17.3 Å². The van der Waals surface area contributed by atoms with Crippen molar-refractivity contribution in [1.82, 2.24) is 14.8 Å². The van der Waals surface area contributed by atoms with Crippen LogP contribution in [0.3, 0.4) is 0 Å². The van der Waals surface area contributed by atoms with Gasteiger partial charge in [-0.25, -0.2) is 4.68 Å². The number of aromatic nitrogens is 3. The van der Waals surface area contributed by atoms with Crippen molar-refractivity contribution in [2.45, 2.75) is 33.1 Å². The SMILES string of the molecule is Cc1ccc(-n2ccc(C(C)(C)C)n2)cn1. The fourth-order valence-corrected chi connectivity index (χ4v) is 1.46. The Kier molecular flexibility index (Phi) is 2.54. The van der Waals surface area contributed by atoms with Crippen LogP contribution < -0.4 is 0 Å². The van der Waals surface area contributed by atoms with Gasteiger partial charge in [-0.3, -0.25) is 4.98 Å². The van der Waals surface area contributed by atoms with Gasteiger partial charge in [0.2, 0.25) is 0 Å². The maximum absolute atomic E-state index is 4.56. The summed E-state index contributed by atoms with van der Waals surface area (Å²) in [6.45, 7) is 8.46. The summed E-state index contributed by atoms with van der Waals surface area (Å²) in [7, 11) is 0. The minimum atomic E-state index is 0.0867. The molecule has 0 unspecified atom stereocenters. The van der Waals surface area contributed by atoms with Crippen LogP contribution in [0.25, 0.3) is 5.69 Å². The van der Waals surface area contributed by atoms with Crippen molar-refractivity contribution in [3.8, 4) is 5.69 Å². The average molecular weight is 215 g/mol. The van der Waals surface area contributed by atoms with Crippen molar-refractivity contribution < 1.29 is 0 Å². The highest BCUT2D eigenvalue weighted by Gasteiger charge is 2.16. The fourth-order valence-electron chi connectivity index (χ4n) is 1.46. The van der Waals surface area contributed by atoms with Crippen molar-refractivity contribution >= 4 is 0 Å². The lowest BCUT2D eigenvalue weighted by Crippen LogP contribution is -2.12. The molecule has 0 aliphatic rings. The molecule has 0 spiro atoms. The molecule has 2 aromatic rings. The summed E-state index contributed by atoms with van der Waals surface area (Å²) in [5.41, 5.74) is 3.20. The van der Waals surface area contributed by atoms with Crippen LogP contribution in [0.2, 0.25) is 0 Å². The van der Waals surface area contributed by atoms with Crippen molar-refractivity contribution in [1.29, 1.82) is 0 Å². The maximum Gasteiger partial charge on any atom is 0.0829 e. The van der Waals surface area contributed by atoms with Crippen molar-refractivity contribution in [2.75, 3.05) is 0 Å². The van der Waals surface area contributed by atoms with Gasteiger partial charge < -0.3 is 0 Å².